The molecule has 1 heterocycles. The molecule has 15 heavy (non-hydrogen) atoms. The van der Waals surface area contributed by atoms with Crippen molar-refractivity contribution >= 4 is 5.69 Å². The van der Waals surface area contributed by atoms with Crippen LogP contribution in [0.2, 0.25) is 0 Å². The highest BCUT2D eigenvalue weighted by atomic mass is 15.3. The first kappa shape index (κ1) is 12.1. The number of hydrogen-bond donors (Lipinski definition) is 1. The molecule has 0 spiro atoms. The van der Waals surface area contributed by atoms with Crippen LogP contribution in [0.3, 0.4) is 0 Å². The van der Waals surface area contributed by atoms with Crippen LogP contribution in [0.4, 0.5) is 5.69 Å². The van der Waals surface area contributed by atoms with Crippen molar-refractivity contribution in [3.63, 3.8) is 0 Å². The number of anilines is 1. The summed E-state index contributed by atoms with van der Waals surface area (Å²) in [6.45, 7) is 11.9. The van der Waals surface area contributed by atoms with Gasteiger partial charge in [0.25, 0.3) is 0 Å². The second-order valence-electron chi connectivity index (χ2n) is 4.85. The van der Waals surface area contributed by atoms with Crippen LogP contribution in [0.5, 0.6) is 0 Å². The van der Waals surface area contributed by atoms with E-state index in [0.29, 0.717) is 6.04 Å². The molecule has 0 aromatic carbocycles. The van der Waals surface area contributed by atoms with E-state index < -0.39 is 0 Å². The van der Waals surface area contributed by atoms with Gasteiger partial charge in [0.15, 0.2) is 0 Å². The molecule has 0 bridgehead atoms. The smallest absolute Gasteiger partial charge is 0.0758 e. The van der Waals surface area contributed by atoms with Crippen LogP contribution in [0.25, 0.3) is 0 Å². The van der Waals surface area contributed by atoms with Gasteiger partial charge in [-0.1, -0.05) is 13.8 Å². The molecule has 0 amide bonds. The molecule has 1 aromatic rings. The van der Waals surface area contributed by atoms with Crippen molar-refractivity contribution in [2.24, 2.45) is 5.92 Å². The lowest BCUT2D eigenvalue weighted by molar-refractivity contribution is 0.480. The highest BCUT2D eigenvalue weighted by molar-refractivity contribution is 5.46. The summed E-state index contributed by atoms with van der Waals surface area (Å²) in [6.07, 6.45) is 3.11. The number of aromatic nitrogens is 2. The monoisotopic (exact) mass is 209 g/mol. The fourth-order valence-corrected chi connectivity index (χ4v) is 1.51. The third kappa shape index (κ3) is 3.57. The first-order valence-electron chi connectivity index (χ1n) is 5.79. The Kier molecular flexibility index (Phi) is 4.18. The molecule has 3 nitrogen and oxygen atoms in total. The molecule has 1 rings (SSSR count). The first-order valence-corrected chi connectivity index (χ1v) is 5.79. The average Bonchev–Trinajstić information content (AvgIpc) is 2.44. The Labute approximate surface area is 92.9 Å². The number of nitrogens with zero attached hydrogens (tertiary/aromatic N) is 2. The van der Waals surface area contributed by atoms with Gasteiger partial charge in [-0.2, -0.15) is 5.10 Å². The predicted octanol–water partition coefficient (Wildman–Crippen LogP) is 3.06. The molecular formula is C12H23N3. The summed E-state index contributed by atoms with van der Waals surface area (Å²) in [5.74, 6) is 0.732. The maximum absolute atomic E-state index is 4.39. The topological polar surface area (TPSA) is 29.9 Å². The van der Waals surface area contributed by atoms with E-state index in [0.717, 1.165) is 18.2 Å². The number of rotatable bonds is 5. The standard InChI is InChI=1S/C12H23N3/c1-9(2)6-7-15-11(5)12(8-13-15)14-10(3)4/h8-10,14H,6-7H2,1-5H3. The first-order chi connectivity index (χ1) is 7.00. The molecule has 0 fully saturated rings. The van der Waals surface area contributed by atoms with Crippen molar-refractivity contribution < 1.29 is 0 Å². The fourth-order valence-electron chi connectivity index (χ4n) is 1.51. The Morgan fingerprint density at radius 3 is 2.53 bits per heavy atom. The molecule has 0 saturated carbocycles. The fraction of sp³-hybridized carbons (Fsp3) is 0.750. The Hall–Kier alpha value is -0.990. The third-order valence-electron chi connectivity index (χ3n) is 2.47. The van der Waals surface area contributed by atoms with Crippen LogP contribution in [0.1, 0.15) is 39.8 Å². The molecule has 0 unspecified atom stereocenters. The quantitative estimate of drug-likeness (QED) is 0.807. The second kappa shape index (κ2) is 5.19. The van der Waals surface area contributed by atoms with E-state index in [1.807, 2.05) is 6.20 Å². The highest BCUT2D eigenvalue weighted by Gasteiger charge is 2.07. The van der Waals surface area contributed by atoms with Crippen LogP contribution in [-0.2, 0) is 6.54 Å². The van der Waals surface area contributed by atoms with Crippen LogP contribution in [0.15, 0.2) is 6.20 Å². The Bertz CT molecular complexity index is 300. The maximum Gasteiger partial charge on any atom is 0.0758 e. The van der Waals surface area contributed by atoms with E-state index in [-0.39, 0.29) is 0 Å². The molecular weight excluding hydrogens is 186 g/mol. The van der Waals surface area contributed by atoms with Gasteiger partial charge < -0.3 is 5.32 Å². The number of aryl methyl sites for hydroxylation is 1. The van der Waals surface area contributed by atoms with E-state index >= 15 is 0 Å². The molecule has 0 radical (unpaired) electrons. The van der Waals surface area contributed by atoms with Gasteiger partial charge in [-0.3, -0.25) is 4.68 Å². The minimum Gasteiger partial charge on any atom is -0.380 e. The highest BCUT2D eigenvalue weighted by Crippen LogP contribution is 2.15. The van der Waals surface area contributed by atoms with E-state index in [1.54, 1.807) is 0 Å². The molecule has 0 aliphatic carbocycles. The van der Waals surface area contributed by atoms with E-state index in [4.69, 9.17) is 0 Å². The minimum atomic E-state index is 0.464. The van der Waals surface area contributed by atoms with Gasteiger partial charge in [-0.25, -0.2) is 0 Å². The molecule has 1 N–H and O–H groups in total. The Morgan fingerprint density at radius 1 is 1.33 bits per heavy atom. The Balaban J connectivity index is 2.63. The molecule has 0 saturated heterocycles. The largest absolute Gasteiger partial charge is 0.380 e. The van der Waals surface area contributed by atoms with Crippen LogP contribution < -0.4 is 5.32 Å². The lowest BCUT2D eigenvalue weighted by atomic mass is 10.1. The molecule has 0 atom stereocenters. The zero-order valence-electron chi connectivity index (χ0n) is 10.5. The van der Waals surface area contributed by atoms with Crippen LogP contribution in [0, 0.1) is 12.8 Å². The summed E-state index contributed by atoms with van der Waals surface area (Å²) in [6, 6.07) is 0.464. The summed E-state index contributed by atoms with van der Waals surface area (Å²) in [7, 11) is 0. The van der Waals surface area contributed by atoms with Gasteiger partial charge in [0.1, 0.15) is 0 Å². The molecule has 0 aliphatic heterocycles. The van der Waals surface area contributed by atoms with Crippen molar-refractivity contribution in [2.75, 3.05) is 5.32 Å². The van der Waals surface area contributed by atoms with Gasteiger partial charge in [-0.15, -0.1) is 0 Å². The van der Waals surface area contributed by atoms with Crippen molar-refractivity contribution in [3.8, 4) is 0 Å². The summed E-state index contributed by atoms with van der Waals surface area (Å²) >= 11 is 0. The molecule has 1 aromatic heterocycles. The Morgan fingerprint density at radius 2 is 2.00 bits per heavy atom. The van der Waals surface area contributed by atoms with Gasteiger partial charge in [-0.05, 0) is 33.1 Å². The molecule has 86 valence electrons. The van der Waals surface area contributed by atoms with Crippen molar-refractivity contribution in [1.29, 1.82) is 0 Å². The average molecular weight is 209 g/mol. The van der Waals surface area contributed by atoms with E-state index in [1.165, 1.54) is 12.1 Å². The lowest BCUT2D eigenvalue weighted by Crippen LogP contribution is -2.11. The summed E-state index contributed by atoms with van der Waals surface area (Å²) in [5.41, 5.74) is 2.40. The SMILES string of the molecule is Cc1c(NC(C)C)cnn1CCC(C)C. The van der Waals surface area contributed by atoms with Gasteiger partial charge in [0.05, 0.1) is 17.6 Å². The van der Waals surface area contributed by atoms with Crippen LogP contribution in [-0.4, -0.2) is 15.8 Å². The molecule has 0 aliphatic rings. The van der Waals surface area contributed by atoms with E-state index in [2.05, 4.69) is 49.7 Å². The van der Waals surface area contributed by atoms with Crippen molar-refractivity contribution in [2.45, 2.75) is 53.6 Å². The van der Waals surface area contributed by atoms with Crippen molar-refractivity contribution in [3.05, 3.63) is 11.9 Å². The second-order valence-corrected chi connectivity index (χ2v) is 4.85. The summed E-state index contributed by atoms with van der Waals surface area (Å²) in [5, 5.41) is 7.79. The van der Waals surface area contributed by atoms with Gasteiger partial charge in [0.2, 0.25) is 0 Å². The van der Waals surface area contributed by atoms with Crippen molar-refractivity contribution in [1.82, 2.24) is 9.78 Å². The maximum atomic E-state index is 4.39. The van der Waals surface area contributed by atoms with Gasteiger partial charge >= 0.3 is 0 Å². The van der Waals surface area contributed by atoms with E-state index in [9.17, 15) is 0 Å². The predicted molar refractivity (Wildman–Crippen MR) is 65.2 cm³/mol. The number of hydrogen-bond acceptors (Lipinski definition) is 2. The zero-order valence-corrected chi connectivity index (χ0v) is 10.5. The number of nitrogens with one attached hydrogen (secondary N) is 1. The van der Waals surface area contributed by atoms with Crippen LogP contribution >= 0.6 is 0 Å². The lowest BCUT2D eigenvalue weighted by Gasteiger charge is -2.10. The normalized spacial score (nSPS) is 11.4. The minimum absolute atomic E-state index is 0.464. The third-order valence-corrected chi connectivity index (χ3v) is 2.47. The van der Waals surface area contributed by atoms with Gasteiger partial charge in [0, 0.05) is 12.6 Å². The summed E-state index contributed by atoms with van der Waals surface area (Å²) in [4.78, 5) is 0. The summed E-state index contributed by atoms with van der Waals surface area (Å²) < 4.78 is 2.09. The zero-order chi connectivity index (χ0) is 11.4. The molecule has 3 heteroatoms.